The van der Waals surface area contributed by atoms with Crippen LogP contribution in [0, 0.1) is 13.8 Å². The van der Waals surface area contributed by atoms with Crippen LogP contribution >= 0.6 is 11.6 Å². The second-order valence-corrected chi connectivity index (χ2v) is 5.21. The van der Waals surface area contributed by atoms with E-state index < -0.39 is 0 Å². The van der Waals surface area contributed by atoms with E-state index in [1.807, 2.05) is 38.1 Å². The van der Waals surface area contributed by atoms with Crippen LogP contribution in [0.25, 0.3) is 0 Å². The molecular weight excluding hydrogens is 274 g/mol. The third-order valence-electron chi connectivity index (χ3n) is 3.05. The average molecular weight is 292 g/mol. The van der Waals surface area contributed by atoms with Gasteiger partial charge in [-0.25, -0.2) is 0 Å². The van der Waals surface area contributed by atoms with Crippen molar-refractivity contribution in [3.05, 3.63) is 52.3 Å². The Balaban J connectivity index is 1.75. The molecule has 0 aliphatic rings. The van der Waals surface area contributed by atoms with Crippen LogP contribution in [0.15, 0.2) is 30.5 Å². The smallest absolute Gasteiger partial charge is 0.251 e. The lowest BCUT2D eigenvalue weighted by Gasteiger charge is -2.05. The number of amides is 1. The van der Waals surface area contributed by atoms with Crippen molar-refractivity contribution in [2.75, 3.05) is 6.54 Å². The summed E-state index contributed by atoms with van der Waals surface area (Å²) < 4.78 is 1.80. The number of aryl methyl sites for hydroxylation is 3. The molecule has 0 aliphatic carbocycles. The minimum atomic E-state index is -0.0420. The minimum Gasteiger partial charge on any atom is -0.352 e. The van der Waals surface area contributed by atoms with E-state index in [9.17, 15) is 4.79 Å². The van der Waals surface area contributed by atoms with Crippen LogP contribution < -0.4 is 5.32 Å². The van der Waals surface area contributed by atoms with Crippen molar-refractivity contribution < 1.29 is 4.79 Å². The highest BCUT2D eigenvalue weighted by Crippen LogP contribution is 2.12. The second-order valence-electron chi connectivity index (χ2n) is 4.80. The molecule has 20 heavy (non-hydrogen) atoms. The maximum Gasteiger partial charge on any atom is 0.251 e. The molecule has 2 aromatic rings. The first-order valence-electron chi connectivity index (χ1n) is 6.60. The van der Waals surface area contributed by atoms with Gasteiger partial charge in [0.15, 0.2) is 0 Å². The van der Waals surface area contributed by atoms with Crippen molar-refractivity contribution in [3.63, 3.8) is 0 Å². The summed E-state index contributed by atoms with van der Waals surface area (Å²) >= 11 is 5.93. The summed E-state index contributed by atoms with van der Waals surface area (Å²) in [5.41, 5.74) is 2.66. The zero-order chi connectivity index (χ0) is 14.5. The monoisotopic (exact) mass is 291 g/mol. The second kappa shape index (κ2) is 6.57. The molecule has 1 heterocycles. The van der Waals surface area contributed by atoms with E-state index in [2.05, 4.69) is 10.4 Å². The lowest BCUT2D eigenvalue weighted by atomic mass is 10.1. The van der Waals surface area contributed by atoms with E-state index in [1.54, 1.807) is 10.9 Å². The lowest BCUT2D eigenvalue weighted by molar-refractivity contribution is 0.0952. The Hall–Kier alpha value is -1.81. The maximum absolute atomic E-state index is 11.9. The molecule has 0 unspecified atom stereocenters. The van der Waals surface area contributed by atoms with Gasteiger partial charge in [-0.15, -0.1) is 0 Å². The number of halogens is 1. The van der Waals surface area contributed by atoms with E-state index in [-0.39, 0.29) is 5.91 Å². The van der Waals surface area contributed by atoms with Crippen LogP contribution in [0.4, 0.5) is 0 Å². The predicted octanol–water partition coefficient (Wildman–Crippen LogP) is 2.97. The van der Waals surface area contributed by atoms with Gasteiger partial charge in [0.1, 0.15) is 0 Å². The van der Waals surface area contributed by atoms with Crippen molar-refractivity contribution in [2.45, 2.75) is 26.8 Å². The molecule has 0 spiro atoms. The molecule has 4 nitrogen and oxygen atoms in total. The number of hydrogen-bond donors (Lipinski definition) is 1. The zero-order valence-electron chi connectivity index (χ0n) is 11.7. The number of rotatable bonds is 5. The van der Waals surface area contributed by atoms with E-state index in [0.29, 0.717) is 17.1 Å². The van der Waals surface area contributed by atoms with Gasteiger partial charge in [-0.2, -0.15) is 5.10 Å². The summed E-state index contributed by atoms with van der Waals surface area (Å²) in [5, 5.41) is 7.84. The first-order chi connectivity index (χ1) is 9.56. The number of hydrogen-bond acceptors (Lipinski definition) is 2. The average Bonchev–Trinajstić information content (AvgIpc) is 2.74. The van der Waals surface area contributed by atoms with Crippen LogP contribution in [0.1, 0.15) is 28.0 Å². The van der Waals surface area contributed by atoms with Gasteiger partial charge in [0.2, 0.25) is 0 Å². The van der Waals surface area contributed by atoms with Gasteiger partial charge in [0, 0.05) is 24.8 Å². The van der Waals surface area contributed by atoms with Gasteiger partial charge < -0.3 is 5.32 Å². The van der Waals surface area contributed by atoms with Crippen LogP contribution in [0.2, 0.25) is 5.02 Å². The van der Waals surface area contributed by atoms with E-state index in [4.69, 9.17) is 11.6 Å². The van der Waals surface area contributed by atoms with Crippen LogP contribution in [0.3, 0.4) is 0 Å². The fraction of sp³-hybridized carbons (Fsp3) is 0.333. The molecule has 0 fully saturated rings. The number of carbonyl (C=O) groups is 1. The van der Waals surface area contributed by atoms with Gasteiger partial charge in [-0.3, -0.25) is 9.48 Å². The maximum atomic E-state index is 11.9. The Kier molecular flexibility index (Phi) is 4.79. The summed E-state index contributed by atoms with van der Waals surface area (Å²) in [4.78, 5) is 11.9. The molecule has 106 valence electrons. The summed E-state index contributed by atoms with van der Waals surface area (Å²) in [5.74, 6) is -0.0420. The molecular formula is C15H18ClN3O. The topological polar surface area (TPSA) is 46.9 Å². The van der Waals surface area contributed by atoms with Gasteiger partial charge in [0.25, 0.3) is 5.91 Å². The summed E-state index contributed by atoms with van der Waals surface area (Å²) in [7, 11) is 0. The highest BCUT2D eigenvalue weighted by atomic mass is 35.5. The Morgan fingerprint density at radius 1 is 1.30 bits per heavy atom. The molecule has 5 heteroatoms. The molecule has 0 saturated heterocycles. The van der Waals surface area contributed by atoms with Gasteiger partial charge in [-0.1, -0.05) is 29.3 Å². The highest BCUT2D eigenvalue weighted by molar-refractivity contribution is 6.31. The van der Waals surface area contributed by atoms with Crippen molar-refractivity contribution in [3.8, 4) is 0 Å². The van der Waals surface area contributed by atoms with Gasteiger partial charge >= 0.3 is 0 Å². The standard InChI is InChI=1S/C15H18ClN3O/c1-11-4-6-13(7-5-11)15(20)17-8-3-9-19-10-14(16)12(2)18-19/h4-7,10H,3,8-9H2,1-2H3,(H,17,20). The van der Waals surface area contributed by atoms with Crippen molar-refractivity contribution in [2.24, 2.45) is 0 Å². The molecule has 0 radical (unpaired) electrons. The number of carbonyl (C=O) groups excluding carboxylic acids is 1. The highest BCUT2D eigenvalue weighted by Gasteiger charge is 2.05. The van der Waals surface area contributed by atoms with Gasteiger partial charge in [-0.05, 0) is 32.4 Å². The fourth-order valence-corrected chi connectivity index (χ4v) is 2.01. The van der Waals surface area contributed by atoms with Crippen molar-refractivity contribution in [1.82, 2.24) is 15.1 Å². The van der Waals surface area contributed by atoms with E-state index in [1.165, 1.54) is 0 Å². The van der Waals surface area contributed by atoms with Crippen LogP contribution in [-0.4, -0.2) is 22.2 Å². The third-order valence-corrected chi connectivity index (χ3v) is 3.42. The van der Waals surface area contributed by atoms with Crippen LogP contribution in [-0.2, 0) is 6.54 Å². The molecule has 0 saturated carbocycles. The Morgan fingerprint density at radius 2 is 2.00 bits per heavy atom. The molecule has 0 bridgehead atoms. The summed E-state index contributed by atoms with van der Waals surface area (Å²) in [6.07, 6.45) is 2.62. The van der Waals surface area contributed by atoms with Crippen molar-refractivity contribution >= 4 is 17.5 Å². The van der Waals surface area contributed by atoms with E-state index >= 15 is 0 Å². The Bertz CT molecular complexity index is 570. The molecule has 1 aromatic carbocycles. The quantitative estimate of drug-likeness (QED) is 0.861. The van der Waals surface area contributed by atoms with E-state index in [0.717, 1.165) is 24.2 Å². The van der Waals surface area contributed by atoms with Crippen molar-refractivity contribution in [1.29, 1.82) is 0 Å². The minimum absolute atomic E-state index is 0.0420. The molecule has 0 aliphatic heterocycles. The molecule has 2 rings (SSSR count). The molecule has 1 amide bonds. The van der Waals surface area contributed by atoms with Crippen LogP contribution in [0.5, 0.6) is 0 Å². The normalized spacial score (nSPS) is 10.6. The third kappa shape index (κ3) is 3.84. The lowest BCUT2D eigenvalue weighted by Crippen LogP contribution is -2.25. The largest absolute Gasteiger partial charge is 0.352 e. The predicted molar refractivity (Wildman–Crippen MR) is 80.1 cm³/mol. The zero-order valence-corrected chi connectivity index (χ0v) is 12.4. The summed E-state index contributed by atoms with van der Waals surface area (Å²) in [6.45, 7) is 5.22. The molecule has 1 aromatic heterocycles. The number of aromatic nitrogens is 2. The molecule has 0 atom stereocenters. The number of nitrogens with one attached hydrogen (secondary N) is 1. The number of nitrogens with zero attached hydrogens (tertiary/aromatic N) is 2. The first kappa shape index (κ1) is 14.6. The fourth-order valence-electron chi connectivity index (χ4n) is 1.86. The Labute approximate surface area is 123 Å². The number of benzene rings is 1. The summed E-state index contributed by atoms with van der Waals surface area (Å²) in [6, 6.07) is 7.54. The van der Waals surface area contributed by atoms with Gasteiger partial charge in [0.05, 0.1) is 10.7 Å². The molecule has 1 N–H and O–H groups in total. The Morgan fingerprint density at radius 3 is 2.60 bits per heavy atom. The first-order valence-corrected chi connectivity index (χ1v) is 6.98. The SMILES string of the molecule is Cc1ccc(C(=O)NCCCn2cc(Cl)c(C)n2)cc1.